The molecule has 5 rings (SSSR count). The zero-order valence-electron chi connectivity index (χ0n) is 14.3. The van der Waals surface area contributed by atoms with Crippen molar-refractivity contribution in [3.63, 3.8) is 0 Å². The van der Waals surface area contributed by atoms with E-state index in [9.17, 15) is 5.26 Å². The maximum Gasteiger partial charge on any atom is 0.244 e. The molecule has 1 atom stereocenters. The van der Waals surface area contributed by atoms with Crippen molar-refractivity contribution >= 4 is 0 Å². The van der Waals surface area contributed by atoms with E-state index >= 15 is 0 Å². The Hall–Kier alpha value is -3.86. The standard InChI is InChI=1S/C19H14N4O4/c1-9-2-4-13(26-9)15-11(7-20)18(21)27-19-16(15)17(22-23-19)10-3-5-12-14(6-10)25-8-24-12/h2-6,15H,8,21H2,1H3,(H,22,23). The second kappa shape index (κ2) is 5.57. The van der Waals surface area contributed by atoms with Crippen molar-refractivity contribution in [3.05, 3.63) is 58.9 Å². The molecule has 3 N–H and O–H groups in total. The number of hydrogen-bond acceptors (Lipinski definition) is 7. The smallest absolute Gasteiger partial charge is 0.244 e. The Morgan fingerprint density at radius 2 is 2.07 bits per heavy atom. The molecule has 0 aliphatic carbocycles. The molecule has 0 bridgehead atoms. The van der Waals surface area contributed by atoms with Gasteiger partial charge in [-0.15, -0.1) is 5.10 Å². The molecular formula is C19H14N4O4. The molecule has 134 valence electrons. The van der Waals surface area contributed by atoms with Crippen LogP contribution >= 0.6 is 0 Å². The number of nitriles is 1. The lowest BCUT2D eigenvalue weighted by atomic mass is 9.86. The lowest BCUT2D eigenvalue weighted by molar-refractivity contribution is 0.174. The summed E-state index contributed by atoms with van der Waals surface area (Å²) in [6, 6.07) is 11.4. The second-order valence-electron chi connectivity index (χ2n) is 6.26. The predicted octanol–water partition coefficient (Wildman–Crippen LogP) is 2.93. The molecule has 8 heteroatoms. The summed E-state index contributed by atoms with van der Waals surface area (Å²) in [5.41, 5.74) is 8.45. The number of fused-ring (bicyclic) bond motifs is 2. The third kappa shape index (κ3) is 2.25. The van der Waals surface area contributed by atoms with Gasteiger partial charge in [-0.3, -0.25) is 5.10 Å². The number of aromatic amines is 1. The van der Waals surface area contributed by atoms with Crippen LogP contribution in [-0.2, 0) is 0 Å². The molecule has 0 radical (unpaired) electrons. The molecule has 1 unspecified atom stereocenters. The Labute approximate surface area is 153 Å². The van der Waals surface area contributed by atoms with E-state index in [4.69, 9.17) is 24.4 Å². The maximum absolute atomic E-state index is 9.67. The van der Waals surface area contributed by atoms with Gasteiger partial charge in [0.25, 0.3) is 0 Å². The van der Waals surface area contributed by atoms with Crippen molar-refractivity contribution in [1.82, 2.24) is 10.2 Å². The Morgan fingerprint density at radius 3 is 2.85 bits per heavy atom. The Balaban J connectivity index is 1.70. The number of hydrogen-bond donors (Lipinski definition) is 2. The van der Waals surface area contributed by atoms with Gasteiger partial charge in [-0.25, -0.2) is 0 Å². The summed E-state index contributed by atoms with van der Waals surface area (Å²) < 4.78 is 22.2. The van der Waals surface area contributed by atoms with Crippen LogP contribution in [0.3, 0.4) is 0 Å². The zero-order chi connectivity index (χ0) is 18.5. The van der Waals surface area contributed by atoms with Gasteiger partial charge in [-0.2, -0.15) is 5.26 Å². The molecule has 0 saturated carbocycles. The zero-order valence-corrected chi connectivity index (χ0v) is 14.3. The highest BCUT2D eigenvalue weighted by molar-refractivity contribution is 5.72. The summed E-state index contributed by atoms with van der Waals surface area (Å²) in [7, 11) is 0. The molecule has 8 nitrogen and oxygen atoms in total. The molecule has 0 fully saturated rings. The summed E-state index contributed by atoms with van der Waals surface area (Å²) in [5.74, 6) is 2.48. The van der Waals surface area contributed by atoms with Gasteiger partial charge in [-0.05, 0) is 37.3 Å². The molecule has 0 amide bonds. The first-order valence-electron chi connectivity index (χ1n) is 8.28. The number of nitrogens with one attached hydrogen (secondary N) is 1. The minimum absolute atomic E-state index is 0.0211. The third-order valence-electron chi connectivity index (χ3n) is 4.65. The first-order chi connectivity index (χ1) is 13.2. The van der Waals surface area contributed by atoms with Gasteiger partial charge in [0, 0.05) is 5.56 Å². The van der Waals surface area contributed by atoms with E-state index in [0.29, 0.717) is 34.4 Å². The number of allylic oxidation sites excluding steroid dienone is 1. The van der Waals surface area contributed by atoms with Crippen LogP contribution in [0.25, 0.3) is 11.3 Å². The molecule has 3 aromatic rings. The van der Waals surface area contributed by atoms with Gasteiger partial charge in [0.1, 0.15) is 23.2 Å². The Kier molecular flexibility index (Phi) is 3.18. The molecule has 0 spiro atoms. The number of H-pyrrole nitrogens is 1. The number of furan rings is 1. The molecule has 2 aliphatic rings. The first-order valence-corrected chi connectivity index (χ1v) is 8.28. The predicted molar refractivity (Wildman–Crippen MR) is 92.9 cm³/mol. The SMILES string of the molecule is Cc1ccc(C2C(C#N)=C(N)Oc3n[nH]c(-c4ccc5c(c4)OCO5)c32)o1. The van der Waals surface area contributed by atoms with Crippen LogP contribution in [0.5, 0.6) is 17.4 Å². The van der Waals surface area contributed by atoms with E-state index < -0.39 is 5.92 Å². The van der Waals surface area contributed by atoms with E-state index in [-0.39, 0.29) is 18.2 Å². The summed E-state index contributed by atoms with van der Waals surface area (Å²) in [5, 5.41) is 16.9. The van der Waals surface area contributed by atoms with Gasteiger partial charge < -0.3 is 24.4 Å². The van der Waals surface area contributed by atoms with Crippen molar-refractivity contribution in [2.45, 2.75) is 12.8 Å². The van der Waals surface area contributed by atoms with Gasteiger partial charge in [-0.1, -0.05) is 0 Å². The molecule has 1 aromatic carbocycles. The fourth-order valence-electron chi connectivity index (χ4n) is 3.41. The average Bonchev–Trinajstić information content (AvgIpc) is 3.38. The maximum atomic E-state index is 9.67. The summed E-state index contributed by atoms with van der Waals surface area (Å²) in [6.07, 6.45) is 0. The molecule has 4 heterocycles. The van der Waals surface area contributed by atoms with Gasteiger partial charge in [0.2, 0.25) is 18.6 Å². The van der Waals surface area contributed by atoms with E-state index in [0.717, 1.165) is 11.3 Å². The highest BCUT2D eigenvalue weighted by atomic mass is 16.7. The molecule has 0 saturated heterocycles. The number of aromatic nitrogens is 2. The van der Waals surface area contributed by atoms with Crippen LogP contribution in [0.1, 0.15) is 23.0 Å². The van der Waals surface area contributed by atoms with E-state index in [2.05, 4.69) is 16.3 Å². The van der Waals surface area contributed by atoms with Crippen LogP contribution in [-0.4, -0.2) is 17.0 Å². The largest absolute Gasteiger partial charge is 0.465 e. The molecular weight excluding hydrogens is 348 g/mol. The van der Waals surface area contributed by atoms with Gasteiger partial charge in [0.15, 0.2) is 11.5 Å². The van der Waals surface area contributed by atoms with Crippen molar-refractivity contribution < 1.29 is 18.6 Å². The fraction of sp³-hybridized carbons (Fsp3) is 0.158. The molecule has 2 aliphatic heterocycles. The Bertz CT molecular complexity index is 1140. The lowest BCUT2D eigenvalue weighted by Crippen LogP contribution is -2.20. The lowest BCUT2D eigenvalue weighted by Gasteiger charge is -2.22. The van der Waals surface area contributed by atoms with E-state index in [1.165, 1.54) is 0 Å². The number of nitrogens with zero attached hydrogens (tertiary/aromatic N) is 2. The molecule has 2 aromatic heterocycles. The Morgan fingerprint density at radius 1 is 1.22 bits per heavy atom. The minimum atomic E-state index is -0.522. The third-order valence-corrected chi connectivity index (χ3v) is 4.65. The van der Waals surface area contributed by atoms with Crippen molar-refractivity contribution in [1.29, 1.82) is 5.26 Å². The highest BCUT2D eigenvalue weighted by Gasteiger charge is 2.37. The first kappa shape index (κ1) is 15.4. The van der Waals surface area contributed by atoms with Crippen molar-refractivity contribution in [2.75, 3.05) is 6.79 Å². The van der Waals surface area contributed by atoms with Crippen LogP contribution in [0.2, 0.25) is 0 Å². The monoisotopic (exact) mass is 362 g/mol. The van der Waals surface area contributed by atoms with Gasteiger partial charge in [0.05, 0.1) is 17.2 Å². The molecule has 27 heavy (non-hydrogen) atoms. The number of rotatable bonds is 2. The van der Waals surface area contributed by atoms with Gasteiger partial charge >= 0.3 is 0 Å². The minimum Gasteiger partial charge on any atom is -0.465 e. The van der Waals surface area contributed by atoms with Crippen molar-refractivity contribution in [2.24, 2.45) is 5.73 Å². The van der Waals surface area contributed by atoms with E-state index in [1.54, 1.807) is 0 Å². The number of aryl methyl sites for hydroxylation is 1. The normalized spacial score (nSPS) is 17.4. The summed E-state index contributed by atoms with van der Waals surface area (Å²) in [4.78, 5) is 0. The van der Waals surface area contributed by atoms with Crippen molar-refractivity contribution in [3.8, 4) is 34.7 Å². The quantitative estimate of drug-likeness (QED) is 0.719. The summed E-state index contributed by atoms with van der Waals surface area (Å²) >= 11 is 0. The summed E-state index contributed by atoms with van der Waals surface area (Å²) in [6.45, 7) is 2.03. The number of benzene rings is 1. The topological polar surface area (TPSA) is 119 Å². The average molecular weight is 362 g/mol. The highest BCUT2D eigenvalue weighted by Crippen LogP contribution is 2.47. The fourth-order valence-corrected chi connectivity index (χ4v) is 3.41. The van der Waals surface area contributed by atoms with Crippen LogP contribution < -0.4 is 19.9 Å². The second-order valence-corrected chi connectivity index (χ2v) is 6.26. The van der Waals surface area contributed by atoms with Crippen LogP contribution in [0.15, 0.2) is 46.2 Å². The number of nitrogens with two attached hydrogens (primary N) is 1. The van der Waals surface area contributed by atoms with E-state index in [1.807, 2.05) is 37.3 Å². The van der Waals surface area contributed by atoms with Crippen LogP contribution in [0, 0.1) is 18.3 Å². The number of ether oxygens (including phenoxy) is 3. The van der Waals surface area contributed by atoms with Crippen LogP contribution in [0.4, 0.5) is 0 Å².